The number of H-pyrrole nitrogens is 1. The topological polar surface area (TPSA) is 104 Å². The summed E-state index contributed by atoms with van der Waals surface area (Å²) in [5.41, 5.74) is 6.23. The fourth-order valence-electron chi connectivity index (χ4n) is 4.74. The Bertz CT molecular complexity index is 1330. The summed E-state index contributed by atoms with van der Waals surface area (Å²) in [6.45, 7) is 0. The van der Waals surface area contributed by atoms with Crippen LogP contribution in [0.1, 0.15) is 17.5 Å². The Kier molecular flexibility index (Phi) is 3.33. The minimum Gasteiger partial charge on any atom is -0.338 e. The van der Waals surface area contributed by atoms with Gasteiger partial charge in [-0.2, -0.15) is 0 Å². The minimum absolute atomic E-state index is 0.212. The molecule has 6 rings (SSSR count). The van der Waals surface area contributed by atoms with Crippen LogP contribution in [-0.2, 0) is 17.6 Å². The molecule has 0 radical (unpaired) electrons. The van der Waals surface area contributed by atoms with E-state index in [0.29, 0.717) is 19.3 Å². The number of aromatic nitrogens is 4. The lowest BCUT2D eigenvalue weighted by atomic mass is 9.88. The number of amides is 3. The number of aromatic amines is 1. The van der Waals surface area contributed by atoms with Crippen molar-refractivity contribution in [3.63, 3.8) is 0 Å². The number of likely N-dealkylation sites (N-methyl/N-ethyl adjacent to an activating group) is 1. The van der Waals surface area contributed by atoms with E-state index < -0.39 is 5.54 Å². The predicted octanol–water partition coefficient (Wildman–Crippen LogP) is 2.58. The Hall–Kier alpha value is -3.81. The molecule has 2 N–H and O–H groups in total. The highest BCUT2D eigenvalue weighted by Gasteiger charge is 2.47. The molecule has 1 atom stereocenters. The van der Waals surface area contributed by atoms with Crippen molar-refractivity contribution >= 4 is 34.0 Å². The van der Waals surface area contributed by atoms with Crippen molar-refractivity contribution in [3.05, 3.63) is 53.9 Å². The third-order valence-electron chi connectivity index (χ3n) is 6.34. The zero-order valence-corrected chi connectivity index (χ0v) is 16.3. The average Bonchev–Trinajstić information content (AvgIpc) is 3.30. The summed E-state index contributed by atoms with van der Waals surface area (Å²) < 4.78 is 0. The van der Waals surface area contributed by atoms with E-state index in [2.05, 4.69) is 32.4 Å². The number of fused-ring (bicyclic) bond motifs is 3. The molecule has 0 saturated carbocycles. The van der Waals surface area contributed by atoms with Gasteiger partial charge in [0.1, 0.15) is 5.82 Å². The highest BCUT2D eigenvalue weighted by Crippen LogP contribution is 2.40. The van der Waals surface area contributed by atoms with Gasteiger partial charge in [-0.1, -0.05) is 0 Å². The van der Waals surface area contributed by atoms with Gasteiger partial charge in [-0.05, 0) is 54.3 Å². The largest absolute Gasteiger partial charge is 0.338 e. The van der Waals surface area contributed by atoms with Crippen LogP contribution in [0.15, 0.2) is 42.7 Å². The fourth-order valence-corrected chi connectivity index (χ4v) is 4.74. The van der Waals surface area contributed by atoms with Crippen molar-refractivity contribution in [2.75, 3.05) is 7.05 Å². The summed E-state index contributed by atoms with van der Waals surface area (Å²) in [5, 5.41) is 2.39. The molecule has 1 saturated heterocycles. The first-order chi connectivity index (χ1) is 14.5. The molecule has 8 heteroatoms. The predicted molar refractivity (Wildman–Crippen MR) is 111 cm³/mol. The molecule has 0 bridgehead atoms. The lowest BCUT2D eigenvalue weighted by Crippen LogP contribution is -2.61. The number of imidazole rings is 1. The number of nitrogens with zero attached hydrogens (tertiary/aromatic N) is 4. The van der Waals surface area contributed by atoms with E-state index in [1.165, 1.54) is 0 Å². The van der Waals surface area contributed by atoms with Crippen molar-refractivity contribution < 1.29 is 9.59 Å². The van der Waals surface area contributed by atoms with Gasteiger partial charge >= 0.3 is 6.03 Å². The van der Waals surface area contributed by atoms with Gasteiger partial charge in [-0.25, -0.2) is 9.78 Å². The molecule has 4 aromatic rings. The molecule has 1 fully saturated rings. The van der Waals surface area contributed by atoms with Gasteiger partial charge in [0.05, 0.1) is 34.0 Å². The number of carbonyl (C=O) groups excluding carboxylic acids is 2. The molecule has 2 aliphatic rings. The summed E-state index contributed by atoms with van der Waals surface area (Å²) in [4.78, 5) is 42.7. The van der Waals surface area contributed by atoms with Crippen LogP contribution in [-0.4, -0.2) is 49.4 Å². The third kappa shape index (κ3) is 2.43. The van der Waals surface area contributed by atoms with E-state index >= 15 is 0 Å². The quantitative estimate of drug-likeness (QED) is 0.513. The molecule has 1 unspecified atom stereocenters. The third-order valence-corrected chi connectivity index (χ3v) is 6.34. The maximum Gasteiger partial charge on any atom is 0.324 e. The van der Waals surface area contributed by atoms with Gasteiger partial charge < -0.3 is 9.88 Å². The van der Waals surface area contributed by atoms with Gasteiger partial charge in [0.25, 0.3) is 0 Å². The number of hydrogen-bond acceptors (Lipinski definition) is 5. The maximum absolute atomic E-state index is 12.2. The Labute approximate surface area is 171 Å². The number of rotatable bonds is 1. The van der Waals surface area contributed by atoms with E-state index in [4.69, 9.17) is 4.98 Å². The summed E-state index contributed by atoms with van der Waals surface area (Å²) in [5.74, 6) is 0.566. The molecule has 3 amide bonds. The van der Waals surface area contributed by atoms with Gasteiger partial charge in [-0.15, -0.1) is 0 Å². The summed E-state index contributed by atoms with van der Waals surface area (Å²) in [6.07, 6.45) is 4.99. The Balaban J connectivity index is 1.39. The molecule has 2 aromatic carbocycles. The molecule has 1 aliphatic heterocycles. The second-order valence-electron chi connectivity index (χ2n) is 8.15. The highest BCUT2D eigenvalue weighted by atomic mass is 16.2. The number of nitrogens with one attached hydrogen (secondary N) is 2. The van der Waals surface area contributed by atoms with E-state index in [0.717, 1.165) is 44.6 Å². The first kappa shape index (κ1) is 17.1. The van der Waals surface area contributed by atoms with Crippen LogP contribution in [0.4, 0.5) is 4.79 Å². The molecular weight excluding hydrogens is 380 g/mol. The average molecular weight is 398 g/mol. The van der Waals surface area contributed by atoms with E-state index in [9.17, 15) is 9.59 Å². The lowest BCUT2D eigenvalue weighted by molar-refractivity contribution is -0.124. The van der Waals surface area contributed by atoms with Crippen LogP contribution in [0.5, 0.6) is 0 Å². The van der Waals surface area contributed by atoms with Gasteiger partial charge in [0.2, 0.25) is 5.91 Å². The Morgan fingerprint density at radius 2 is 1.70 bits per heavy atom. The lowest BCUT2D eigenvalue weighted by Gasteiger charge is -2.41. The van der Waals surface area contributed by atoms with E-state index in [1.54, 1.807) is 24.3 Å². The molecule has 1 spiro atoms. The number of imide groups is 1. The van der Waals surface area contributed by atoms with Crippen LogP contribution >= 0.6 is 0 Å². The summed E-state index contributed by atoms with van der Waals surface area (Å²) >= 11 is 0. The normalized spacial score (nSPS) is 17.7. The second-order valence-corrected chi connectivity index (χ2v) is 8.15. The Morgan fingerprint density at radius 1 is 0.933 bits per heavy atom. The first-order valence-corrected chi connectivity index (χ1v) is 9.81. The molecule has 148 valence electrons. The molecule has 8 nitrogen and oxygen atoms in total. The monoisotopic (exact) mass is 398 g/mol. The number of urea groups is 1. The van der Waals surface area contributed by atoms with Gasteiger partial charge in [0.15, 0.2) is 0 Å². The summed E-state index contributed by atoms with van der Waals surface area (Å²) in [7, 11) is 1.76. The molecule has 2 aromatic heterocycles. The zero-order chi connectivity index (χ0) is 20.5. The number of hydrogen-bond donors (Lipinski definition) is 2. The zero-order valence-electron chi connectivity index (χ0n) is 16.3. The molecule has 3 heterocycles. The fraction of sp³-hybridized carbons (Fsp3) is 0.227. The standard InChI is InChI=1S/C22H18N6O2/c1-28-21(30)27-19(29)11-22(28)9-13-7-17-18(8-14(13)10-22)26-20(25-17)12-2-3-15-16(6-12)24-5-4-23-15/h2-8H,9-11H2,1H3,(H,25,26)(H,27,29,30). The van der Waals surface area contributed by atoms with Crippen LogP contribution in [0, 0.1) is 0 Å². The van der Waals surface area contributed by atoms with Crippen molar-refractivity contribution in [3.8, 4) is 11.4 Å². The Morgan fingerprint density at radius 3 is 2.53 bits per heavy atom. The van der Waals surface area contributed by atoms with Gasteiger partial charge in [-0.3, -0.25) is 20.1 Å². The molecule has 1 aliphatic carbocycles. The van der Waals surface area contributed by atoms with Crippen LogP contribution in [0.25, 0.3) is 33.5 Å². The van der Waals surface area contributed by atoms with Crippen LogP contribution < -0.4 is 5.32 Å². The number of benzene rings is 2. The van der Waals surface area contributed by atoms with E-state index in [1.807, 2.05) is 18.2 Å². The SMILES string of the molecule is CN1C(=O)NC(=O)CC12Cc1cc3nc(-c4ccc5nccnc5c4)[nH]c3cc1C2. The molecular formula is C22H18N6O2. The van der Waals surface area contributed by atoms with Gasteiger partial charge in [0, 0.05) is 25.0 Å². The number of carbonyl (C=O) groups is 2. The first-order valence-electron chi connectivity index (χ1n) is 9.81. The van der Waals surface area contributed by atoms with Crippen molar-refractivity contribution in [1.29, 1.82) is 0 Å². The van der Waals surface area contributed by atoms with Crippen molar-refractivity contribution in [1.82, 2.24) is 30.2 Å². The summed E-state index contributed by atoms with van der Waals surface area (Å²) in [6, 6.07) is 9.74. The smallest absolute Gasteiger partial charge is 0.324 e. The maximum atomic E-state index is 12.2. The minimum atomic E-state index is -0.486. The second kappa shape index (κ2) is 5.85. The van der Waals surface area contributed by atoms with Crippen molar-refractivity contribution in [2.45, 2.75) is 24.8 Å². The van der Waals surface area contributed by atoms with Crippen molar-refractivity contribution in [2.24, 2.45) is 0 Å². The van der Waals surface area contributed by atoms with Crippen LogP contribution in [0.3, 0.4) is 0 Å². The highest BCUT2D eigenvalue weighted by molar-refractivity contribution is 5.98. The van der Waals surface area contributed by atoms with E-state index in [-0.39, 0.29) is 11.9 Å². The molecule has 30 heavy (non-hydrogen) atoms. The van der Waals surface area contributed by atoms with Crippen LogP contribution in [0.2, 0.25) is 0 Å².